The summed E-state index contributed by atoms with van der Waals surface area (Å²) in [5.74, 6) is 0.598. The van der Waals surface area contributed by atoms with E-state index in [9.17, 15) is 0 Å². The summed E-state index contributed by atoms with van der Waals surface area (Å²) >= 11 is 5.95. The molecule has 7 heteroatoms. The van der Waals surface area contributed by atoms with Gasteiger partial charge in [-0.2, -0.15) is 4.68 Å². The number of nitrogens with zero attached hydrogens (tertiary/aromatic N) is 5. The lowest BCUT2D eigenvalue weighted by Gasteiger charge is -2.23. The van der Waals surface area contributed by atoms with Gasteiger partial charge in [-0.1, -0.05) is 34.9 Å². The number of benzene rings is 1. The molecule has 0 spiro atoms. The molecule has 108 valence electrons. The Morgan fingerprint density at radius 3 is 2.77 bits per heavy atom. The van der Waals surface area contributed by atoms with Gasteiger partial charge in [-0.15, -0.1) is 0 Å². The van der Waals surface area contributed by atoms with Crippen LogP contribution in [0.15, 0.2) is 54.9 Å². The van der Waals surface area contributed by atoms with Gasteiger partial charge in [-0.25, -0.2) is 0 Å². The predicted molar refractivity (Wildman–Crippen MR) is 83.2 cm³/mol. The van der Waals surface area contributed by atoms with Crippen molar-refractivity contribution in [3.05, 3.63) is 71.0 Å². The number of pyridine rings is 1. The van der Waals surface area contributed by atoms with Crippen molar-refractivity contribution < 1.29 is 0 Å². The summed E-state index contributed by atoms with van der Waals surface area (Å²) in [4.78, 5) is 4.18. The minimum atomic E-state index is -0.106. The highest BCUT2D eigenvalue weighted by atomic mass is 35.5. The second kappa shape index (κ2) is 5.23. The number of rotatable bonds is 2. The Balaban J connectivity index is 1.81. The molecular weight excluding hydrogens is 300 g/mol. The van der Waals surface area contributed by atoms with Crippen molar-refractivity contribution in [2.24, 2.45) is 0 Å². The van der Waals surface area contributed by atoms with Crippen LogP contribution in [0.5, 0.6) is 0 Å². The Morgan fingerprint density at radius 1 is 1.14 bits per heavy atom. The lowest BCUT2D eigenvalue weighted by molar-refractivity contribution is 0.584. The third kappa shape index (κ3) is 2.23. The molecule has 1 aliphatic heterocycles. The van der Waals surface area contributed by atoms with E-state index in [2.05, 4.69) is 31.9 Å². The van der Waals surface area contributed by atoms with Gasteiger partial charge in [0.05, 0.1) is 0 Å². The molecule has 6 nitrogen and oxygen atoms in total. The fourth-order valence-electron chi connectivity index (χ4n) is 2.44. The van der Waals surface area contributed by atoms with Gasteiger partial charge in [0.2, 0.25) is 5.95 Å². The number of hydrogen-bond donors (Lipinski definition) is 1. The number of aromatic nitrogens is 5. The molecule has 1 atom stereocenters. The quantitative estimate of drug-likeness (QED) is 0.788. The Morgan fingerprint density at radius 2 is 2.00 bits per heavy atom. The Kier molecular flexibility index (Phi) is 3.08. The van der Waals surface area contributed by atoms with Crippen molar-refractivity contribution >= 4 is 23.2 Å². The molecular formula is C15H11ClN6. The zero-order chi connectivity index (χ0) is 14.9. The number of allylic oxidation sites excluding steroid dienone is 1. The second-order valence-corrected chi connectivity index (χ2v) is 5.33. The number of tetrazole rings is 1. The van der Waals surface area contributed by atoms with E-state index in [1.165, 1.54) is 0 Å². The van der Waals surface area contributed by atoms with E-state index in [0.29, 0.717) is 11.0 Å². The fraction of sp³-hybridized carbons (Fsp3) is 0.0667. The third-order valence-electron chi connectivity index (χ3n) is 3.51. The van der Waals surface area contributed by atoms with Gasteiger partial charge in [0.25, 0.3) is 0 Å². The smallest absolute Gasteiger partial charge is 0.248 e. The zero-order valence-electron chi connectivity index (χ0n) is 11.4. The summed E-state index contributed by atoms with van der Waals surface area (Å²) in [7, 11) is 0. The number of halogens is 1. The first-order chi connectivity index (χ1) is 10.8. The fourth-order valence-corrected chi connectivity index (χ4v) is 2.57. The van der Waals surface area contributed by atoms with Crippen LogP contribution in [0.1, 0.15) is 17.2 Å². The second-order valence-electron chi connectivity index (χ2n) is 4.89. The predicted octanol–water partition coefficient (Wildman–Crippen LogP) is 2.78. The van der Waals surface area contributed by atoms with Gasteiger partial charge in [0.1, 0.15) is 6.04 Å². The Bertz CT molecular complexity index is 825. The molecule has 0 saturated carbocycles. The van der Waals surface area contributed by atoms with Crippen molar-refractivity contribution in [1.29, 1.82) is 0 Å². The highest BCUT2D eigenvalue weighted by Gasteiger charge is 2.24. The Hall–Kier alpha value is -2.73. The van der Waals surface area contributed by atoms with Gasteiger partial charge in [-0.3, -0.25) is 4.98 Å². The van der Waals surface area contributed by atoms with Gasteiger partial charge in [0.15, 0.2) is 0 Å². The Labute approximate surface area is 131 Å². The molecule has 1 aromatic carbocycles. The molecule has 3 heterocycles. The van der Waals surface area contributed by atoms with Crippen LogP contribution in [-0.4, -0.2) is 25.2 Å². The van der Waals surface area contributed by atoms with E-state index >= 15 is 0 Å². The van der Waals surface area contributed by atoms with Gasteiger partial charge in [-0.05, 0) is 45.8 Å². The molecule has 4 rings (SSSR count). The van der Waals surface area contributed by atoms with Crippen molar-refractivity contribution in [3.8, 4) is 0 Å². The normalized spacial score (nSPS) is 16.6. The van der Waals surface area contributed by atoms with E-state index in [1.54, 1.807) is 10.9 Å². The molecule has 0 amide bonds. The van der Waals surface area contributed by atoms with E-state index in [0.717, 1.165) is 16.8 Å². The lowest BCUT2D eigenvalue weighted by Crippen LogP contribution is -2.20. The summed E-state index contributed by atoms with van der Waals surface area (Å²) in [5, 5.41) is 15.8. The minimum absolute atomic E-state index is 0.106. The summed E-state index contributed by atoms with van der Waals surface area (Å²) in [6.45, 7) is 0. The van der Waals surface area contributed by atoms with Crippen LogP contribution >= 0.6 is 11.6 Å². The van der Waals surface area contributed by atoms with Gasteiger partial charge >= 0.3 is 0 Å². The molecule has 2 aromatic heterocycles. The zero-order valence-corrected chi connectivity index (χ0v) is 12.1. The van der Waals surface area contributed by atoms with Gasteiger partial charge in [0, 0.05) is 23.1 Å². The maximum Gasteiger partial charge on any atom is 0.248 e. The van der Waals surface area contributed by atoms with E-state index in [4.69, 9.17) is 11.6 Å². The molecule has 1 N–H and O–H groups in total. The molecule has 0 aliphatic carbocycles. The first kappa shape index (κ1) is 13.0. The lowest BCUT2D eigenvalue weighted by atomic mass is 10.0. The monoisotopic (exact) mass is 310 g/mol. The number of anilines is 1. The maximum absolute atomic E-state index is 5.95. The first-order valence-corrected chi connectivity index (χ1v) is 7.11. The molecule has 0 bridgehead atoms. The molecule has 22 heavy (non-hydrogen) atoms. The van der Waals surface area contributed by atoms with Crippen LogP contribution in [0.4, 0.5) is 5.95 Å². The highest BCUT2D eigenvalue weighted by Crippen LogP contribution is 2.31. The maximum atomic E-state index is 5.95. The summed E-state index contributed by atoms with van der Waals surface area (Å²) in [6.07, 6.45) is 5.63. The average molecular weight is 311 g/mol. The topological polar surface area (TPSA) is 68.5 Å². The van der Waals surface area contributed by atoms with Crippen LogP contribution in [0, 0.1) is 0 Å². The SMILES string of the molecule is Clc1ccc(C2=CC(c3cccnc3)n3nnnc3N2)cc1. The number of hydrogen-bond acceptors (Lipinski definition) is 5. The van der Waals surface area contributed by atoms with E-state index in [1.807, 2.05) is 42.6 Å². The van der Waals surface area contributed by atoms with E-state index in [-0.39, 0.29) is 6.04 Å². The molecule has 0 radical (unpaired) electrons. The van der Waals surface area contributed by atoms with Gasteiger partial charge < -0.3 is 5.32 Å². The third-order valence-corrected chi connectivity index (χ3v) is 3.76. The van der Waals surface area contributed by atoms with Crippen molar-refractivity contribution in [2.45, 2.75) is 6.04 Å². The number of fused-ring (bicyclic) bond motifs is 1. The van der Waals surface area contributed by atoms with Crippen molar-refractivity contribution in [3.63, 3.8) is 0 Å². The van der Waals surface area contributed by atoms with Crippen molar-refractivity contribution in [1.82, 2.24) is 25.2 Å². The van der Waals surface area contributed by atoms with Crippen LogP contribution in [-0.2, 0) is 0 Å². The molecule has 1 unspecified atom stereocenters. The van der Waals surface area contributed by atoms with E-state index < -0.39 is 0 Å². The number of nitrogens with one attached hydrogen (secondary N) is 1. The summed E-state index contributed by atoms with van der Waals surface area (Å²) < 4.78 is 1.73. The van der Waals surface area contributed by atoms with Crippen LogP contribution in [0.2, 0.25) is 5.02 Å². The average Bonchev–Trinajstić information content (AvgIpc) is 3.04. The summed E-state index contributed by atoms with van der Waals surface area (Å²) in [6, 6.07) is 11.4. The molecule has 3 aromatic rings. The molecule has 1 aliphatic rings. The van der Waals surface area contributed by atoms with Crippen molar-refractivity contribution in [2.75, 3.05) is 5.32 Å². The van der Waals surface area contributed by atoms with Crippen LogP contribution in [0.25, 0.3) is 5.70 Å². The standard InChI is InChI=1S/C15H11ClN6/c16-12-5-3-10(4-6-12)13-8-14(11-2-1-7-17-9-11)22-15(18-13)19-20-21-22/h1-9,14H,(H,18,19,21). The molecule has 0 fully saturated rings. The van der Waals surface area contributed by atoms with Crippen LogP contribution in [0.3, 0.4) is 0 Å². The minimum Gasteiger partial charge on any atom is -0.323 e. The first-order valence-electron chi connectivity index (χ1n) is 6.74. The largest absolute Gasteiger partial charge is 0.323 e. The molecule has 0 saturated heterocycles. The van der Waals surface area contributed by atoms with Crippen LogP contribution < -0.4 is 5.32 Å². The highest BCUT2D eigenvalue weighted by molar-refractivity contribution is 6.30. The summed E-state index contributed by atoms with van der Waals surface area (Å²) in [5.41, 5.74) is 2.98.